The van der Waals surface area contributed by atoms with Gasteiger partial charge in [-0.3, -0.25) is 10.1 Å². The SMILES string of the molecule is O=C(O)/C=C/c1cccc([N+](=O)[O-])c1OC(=O)/C=C/c1ccccc1O. The van der Waals surface area contributed by atoms with Crippen molar-refractivity contribution in [2.45, 2.75) is 0 Å². The van der Waals surface area contributed by atoms with Crippen molar-refractivity contribution in [2.75, 3.05) is 0 Å². The molecule has 8 nitrogen and oxygen atoms in total. The second-order valence-corrected chi connectivity index (χ2v) is 4.94. The molecule has 8 heteroatoms. The molecular weight excluding hydrogens is 342 g/mol. The average Bonchev–Trinajstić information content (AvgIpc) is 2.59. The number of ether oxygens (including phenoxy) is 1. The number of benzene rings is 2. The van der Waals surface area contributed by atoms with E-state index in [1.807, 2.05) is 0 Å². The van der Waals surface area contributed by atoms with Crippen molar-refractivity contribution in [3.63, 3.8) is 0 Å². The molecule has 0 aromatic heterocycles. The Kier molecular flexibility index (Phi) is 5.83. The summed E-state index contributed by atoms with van der Waals surface area (Å²) in [7, 11) is 0. The smallest absolute Gasteiger partial charge is 0.336 e. The van der Waals surface area contributed by atoms with E-state index < -0.39 is 22.5 Å². The Morgan fingerprint density at radius 3 is 2.31 bits per heavy atom. The summed E-state index contributed by atoms with van der Waals surface area (Å²) in [6, 6.07) is 10.1. The van der Waals surface area contributed by atoms with E-state index in [0.29, 0.717) is 5.56 Å². The first-order valence-electron chi connectivity index (χ1n) is 7.25. The van der Waals surface area contributed by atoms with Crippen LogP contribution in [0.2, 0.25) is 0 Å². The third-order valence-corrected chi connectivity index (χ3v) is 3.17. The fraction of sp³-hybridized carbons (Fsp3) is 0. The Morgan fingerprint density at radius 2 is 1.65 bits per heavy atom. The number of hydrogen-bond donors (Lipinski definition) is 2. The minimum atomic E-state index is -1.26. The molecule has 0 unspecified atom stereocenters. The van der Waals surface area contributed by atoms with Crippen LogP contribution in [0.4, 0.5) is 5.69 Å². The van der Waals surface area contributed by atoms with Gasteiger partial charge in [-0.15, -0.1) is 0 Å². The van der Waals surface area contributed by atoms with E-state index in [-0.39, 0.29) is 17.1 Å². The minimum absolute atomic E-state index is 0.0488. The standard InChI is InChI=1S/C18H13NO7/c20-15-7-2-1-4-12(15)9-11-17(23)26-18-13(8-10-16(21)22)5-3-6-14(18)19(24)25/h1-11,20H,(H,21,22)/b10-8+,11-9+. The first-order chi connectivity index (χ1) is 12.4. The van der Waals surface area contributed by atoms with Gasteiger partial charge in [0, 0.05) is 29.3 Å². The minimum Gasteiger partial charge on any atom is -0.507 e. The van der Waals surface area contributed by atoms with E-state index in [1.54, 1.807) is 18.2 Å². The zero-order chi connectivity index (χ0) is 19.1. The number of rotatable bonds is 6. The van der Waals surface area contributed by atoms with Crippen LogP contribution in [0.25, 0.3) is 12.2 Å². The van der Waals surface area contributed by atoms with Gasteiger partial charge in [-0.05, 0) is 18.2 Å². The molecule has 0 heterocycles. The van der Waals surface area contributed by atoms with Crippen LogP contribution in [-0.2, 0) is 9.59 Å². The summed E-state index contributed by atoms with van der Waals surface area (Å²) in [4.78, 5) is 33.1. The maximum Gasteiger partial charge on any atom is 0.336 e. The summed E-state index contributed by atoms with van der Waals surface area (Å²) in [5.74, 6) is -2.60. The van der Waals surface area contributed by atoms with Crippen molar-refractivity contribution in [3.05, 3.63) is 75.9 Å². The number of phenolic OH excluding ortho intramolecular Hbond substituents is 1. The van der Waals surface area contributed by atoms with Crippen molar-refractivity contribution in [1.29, 1.82) is 0 Å². The number of nitrogens with zero attached hydrogens (tertiary/aromatic N) is 1. The molecule has 0 aliphatic rings. The van der Waals surface area contributed by atoms with E-state index in [0.717, 1.165) is 24.3 Å². The fourth-order valence-electron chi connectivity index (χ4n) is 2.01. The predicted octanol–water partition coefficient (Wildman–Crippen LogP) is 3.02. The number of carbonyl (C=O) groups excluding carboxylic acids is 1. The zero-order valence-electron chi connectivity index (χ0n) is 13.2. The summed E-state index contributed by atoms with van der Waals surface area (Å²) in [5.41, 5.74) is -0.0641. The third kappa shape index (κ3) is 4.78. The largest absolute Gasteiger partial charge is 0.507 e. The van der Waals surface area contributed by atoms with E-state index in [4.69, 9.17) is 9.84 Å². The second kappa shape index (κ2) is 8.25. The zero-order valence-corrected chi connectivity index (χ0v) is 13.2. The summed E-state index contributed by atoms with van der Waals surface area (Å²) >= 11 is 0. The number of carboxylic acid groups (broad SMARTS) is 1. The van der Waals surface area contributed by atoms with Crippen molar-refractivity contribution in [2.24, 2.45) is 0 Å². The second-order valence-electron chi connectivity index (χ2n) is 4.94. The molecule has 0 aliphatic heterocycles. The fourth-order valence-corrected chi connectivity index (χ4v) is 2.01. The molecule has 132 valence electrons. The highest BCUT2D eigenvalue weighted by Gasteiger charge is 2.20. The first-order valence-corrected chi connectivity index (χ1v) is 7.25. The molecule has 0 spiro atoms. The lowest BCUT2D eigenvalue weighted by atomic mass is 10.1. The number of para-hydroxylation sites is 2. The number of aliphatic carboxylic acids is 1. The van der Waals surface area contributed by atoms with Crippen LogP contribution >= 0.6 is 0 Å². The number of nitro groups is 1. The van der Waals surface area contributed by atoms with Gasteiger partial charge in [0.2, 0.25) is 5.75 Å². The topological polar surface area (TPSA) is 127 Å². The lowest BCUT2D eigenvalue weighted by Crippen LogP contribution is -2.07. The van der Waals surface area contributed by atoms with Crippen LogP contribution < -0.4 is 4.74 Å². The highest BCUT2D eigenvalue weighted by molar-refractivity contribution is 5.91. The van der Waals surface area contributed by atoms with Crippen LogP contribution in [0, 0.1) is 10.1 Å². The number of aromatic hydroxyl groups is 1. The van der Waals surface area contributed by atoms with Crippen LogP contribution in [0.15, 0.2) is 54.6 Å². The Balaban J connectivity index is 2.32. The van der Waals surface area contributed by atoms with Crippen molar-refractivity contribution in [1.82, 2.24) is 0 Å². The maximum atomic E-state index is 12.0. The lowest BCUT2D eigenvalue weighted by molar-refractivity contribution is -0.385. The molecule has 2 rings (SSSR count). The van der Waals surface area contributed by atoms with Gasteiger partial charge < -0.3 is 14.9 Å². The normalized spacial score (nSPS) is 10.9. The van der Waals surface area contributed by atoms with Gasteiger partial charge in [0.25, 0.3) is 0 Å². The monoisotopic (exact) mass is 355 g/mol. The Labute approximate surface area is 147 Å². The van der Waals surface area contributed by atoms with Crippen LogP contribution in [0.3, 0.4) is 0 Å². The molecule has 2 N–H and O–H groups in total. The summed E-state index contributed by atoms with van der Waals surface area (Å²) in [6.07, 6.45) is 4.15. The van der Waals surface area contributed by atoms with Gasteiger partial charge in [0.15, 0.2) is 0 Å². The van der Waals surface area contributed by atoms with E-state index in [1.165, 1.54) is 24.3 Å². The van der Waals surface area contributed by atoms with Crippen LogP contribution in [-0.4, -0.2) is 27.1 Å². The van der Waals surface area contributed by atoms with Crippen molar-refractivity contribution < 1.29 is 29.5 Å². The number of phenols is 1. The number of hydrogen-bond acceptors (Lipinski definition) is 6. The molecule has 2 aromatic carbocycles. The number of nitro benzene ring substituents is 1. The molecule has 0 saturated carbocycles. The van der Waals surface area contributed by atoms with Crippen molar-refractivity contribution in [3.8, 4) is 11.5 Å². The van der Waals surface area contributed by atoms with Crippen LogP contribution in [0.1, 0.15) is 11.1 Å². The van der Waals surface area contributed by atoms with Gasteiger partial charge in [0.1, 0.15) is 5.75 Å². The molecule has 0 fully saturated rings. The molecule has 0 saturated heterocycles. The molecule has 0 radical (unpaired) electrons. The highest BCUT2D eigenvalue weighted by Crippen LogP contribution is 2.32. The summed E-state index contributed by atoms with van der Waals surface area (Å²) in [6.45, 7) is 0. The van der Waals surface area contributed by atoms with Gasteiger partial charge in [-0.25, -0.2) is 9.59 Å². The average molecular weight is 355 g/mol. The Hall–Kier alpha value is -3.94. The first kappa shape index (κ1) is 18.4. The van der Waals surface area contributed by atoms with Crippen molar-refractivity contribution >= 4 is 29.8 Å². The van der Waals surface area contributed by atoms with Gasteiger partial charge in [0.05, 0.1) is 4.92 Å². The van der Waals surface area contributed by atoms with Gasteiger partial charge in [-0.2, -0.15) is 0 Å². The molecular formula is C18H13NO7. The summed E-state index contributed by atoms with van der Waals surface area (Å²) in [5, 5.41) is 29.5. The Bertz CT molecular complexity index is 916. The van der Waals surface area contributed by atoms with Crippen LogP contribution in [0.5, 0.6) is 11.5 Å². The third-order valence-electron chi connectivity index (χ3n) is 3.17. The van der Waals surface area contributed by atoms with E-state index >= 15 is 0 Å². The van der Waals surface area contributed by atoms with Gasteiger partial charge in [-0.1, -0.05) is 30.3 Å². The summed E-state index contributed by atoms with van der Waals surface area (Å²) < 4.78 is 5.04. The maximum absolute atomic E-state index is 12.0. The predicted molar refractivity (Wildman–Crippen MR) is 92.5 cm³/mol. The molecule has 0 bridgehead atoms. The molecule has 0 aliphatic carbocycles. The highest BCUT2D eigenvalue weighted by atomic mass is 16.6. The van der Waals surface area contributed by atoms with E-state index in [2.05, 4.69) is 0 Å². The quantitative estimate of drug-likeness (QED) is 0.268. The Morgan fingerprint density at radius 1 is 1.00 bits per heavy atom. The number of carbonyl (C=O) groups is 2. The van der Waals surface area contributed by atoms with E-state index in [9.17, 15) is 24.8 Å². The molecule has 2 aromatic rings. The van der Waals surface area contributed by atoms with Gasteiger partial charge >= 0.3 is 17.6 Å². The molecule has 26 heavy (non-hydrogen) atoms. The molecule has 0 amide bonds. The number of carboxylic acids is 1. The number of esters is 1. The molecule has 0 atom stereocenters. The lowest BCUT2D eigenvalue weighted by Gasteiger charge is -2.06.